The van der Waals surface area contributed by atoms with E-state index in [0.29, 0.717) is 16.9 Å². The predicted octanol–water partition coefficient (Wildman–Crippen LogP) is 2.71. The maximum atomic E-state index is 12.6. The Morgan fingerprint density at radius 1 is 1.33 bits per heavy atom. The van der Waals surface area contributed by atoms with Crippen molar-refractivity contribution >= 4 is 22.9 Å². The molecule has 1 amide bonds. The minimum absolute atomic E-state index is 0.147. The van der Waals surface area contributed by atoms with Crippen LogP contribution in [0.4, 0.5) is 0 Å². The Labute approximate surface area is 158 Å². The molecule has 2 aromatic heterocycles. The fourth-order valence-electron chi connectivity index (χ4n) is 2.65. The number of amides is 1. The van der Waals surface area contributed by atoms with Crippen molar-refractivity contribution in [2.75, 3.05) is 6.61 Å². The van der Waals surface area contributed by atoms with Crippen molar-refractivity contribution in [3.05, 3.63) is 23.5 Å². The highest BCUT2D eigenvalue weighted by Gasteiger charge is 2.23. The molecule has 0 radical (unpaired) electrons. The van der Waals surface area contributed by atoms with Gasteiger partial charge in [0.1, 0.15) is 6.04 Å². The third kappa shape index (κ3) is 5.26. The van der Waals surface area contributed by atoms with E-state index in [1.54, 1.807) is 23.9 Å². The lowest BCUT2D eigenvalue weighted by atomic mass is 10.1. The van der Waals surface area contributed by atoms with E-state index in [1.807, 2.05) is 34.6 Å². The lowest BCUT2D eigenvalue weighted by Crippen LogP contribution is -2.42. The second-order valence-corrected chi connectivity index (χ2v) is 7.83. The lowest BCUT2D eigenvalue weighted by Gasteiger charge is -2.21. The number of carbonyl (C=O) groups is 2. The van der Waals surface area contributed by atoms with Crippen LogP contribution in [0.15, 0.2) is 12.3 Å². The third-order valence-corrected chi connectivity index (χ3v) is 4.04. The van der Waals surface area contributed by atoms with Crippen molar-refractivity contribution in [1.29, 1.82) is 0 Å². The van der Waals surface area contributed by atoms with E-state index < -0.39 is 17.9 Å². The van der Waals surface area contributed by atoms with E-state index in [9.17, 15) is 14.7 Å². The number of fused-ring (bicyclic) bond motifs is 1. The predicted molar refractivity (Wildman–Crippen MR) is 102 cm³/mol. The van der Waals surface area contributed by atoms with Crippen molar-refractivity contribution < 1.29 is 19.4 Å². The Morgan fingerprint density at radius 3 is 2.56 bits per heavy atom. The quantitative estimate of drug-likeness (QED) is 0.769. The standard InChI is InChI=1S/C19H28N4O4/c1-11(2)23-16-13(10-20-23)9-14(12(3)21-16)17(24)22-15(18(25)26)7-8-27-19(4,5)6/h9-11,15H,7-8H2,1-6H3,(H,22,24)(H,25,26). The summed E-state index contributed by atoms with van der Waals surface area (Å²) in [4.78, 5) is 28.6. The molecule has 1 unspecified atom stereocenters. The van der Waals surface area contributed by atoms with Crippen LogP contribution in [0.25, 0.3) is 11.0 Å². The van der Waals surface area contributed by atoms with Gasteiger partial charge in [-0.25, -0.2) is 14.5 Å². The molecule has 0 fully saturated rings. The summed E-state index contributed by atoms with van der Waals surface area (Å²) in [5.74, 6) is -1.57. The number of hydrogen-bond acceptors (Lipinski definition) is 5. The number of aryl methyl sites for hydroxylation is 1. The van der Waals surface area contributed by atoms with E-state index in [2.05, 4.69) is 15.4 Å². The molecule has 27 heavy (non-hydrogen) atoms. The Balaban J connectivity index is 2.17. The monoisotopic (exact) mass is 376 g/mol. The highest BCUT2D eigenvalue weighted by molar-refractivity contribution is 5.99. The molecule has 0 saturated carbocycles. The molecule has 0 aliphatic carbocycles. The number of pyridine rings is 1. The largest absolute Gasteiger partial charge is 0.480 e. The molecule has 2 heterocycles. The zero-order valence-electron chi connectivity index (χ0n) is 16.7. The normalized spacial score (nSPS) is 13.1. The first-order valence-corrected chi connectivity index (χ1v) is 9.02. The highest BCUT2D eigenvalue weighted by Crippen LogP contribution is 2.19. The number of aliphatic carboxylic acids is 1. The number of ether oxygens (including phenoxy) is 1. The van der Waals surface area contributed by atoms with Gasteiger partial charge in [0, 0.05) is 24.5 Å². The van der Waals surface area contributed by atoms with Crippen LogP contribution in [0.2, 0.25) is 0 Å². The van der Waals surface area contributed by atoms with E-state index in [0.717, 1.165) is 5.39 Å². The van der Waals surface area contributed by atoms with Crippen LogP contribution < -0.4 is 5.32 Å². The number of nitrogens with one attached hydrogen (secondary N) is 1. The van der Waals surface area contributed by atoms with Gasteiger partial charge in [-0.05, 0) is 47.6 Å². The number of carboxylic acid groups (broad SMARTS) is 1. The average Bonchev–Trinajstić information content (AvgIpc) is 2.94. The van der Waals surface area contributed by atoms with Gasteiger partial charge < -0.3 is 15.2 Å². The number of hydrogen-bond donors (Lipinski definition) is 2. The van der Waals surface area contributed by atoms with Gasteiger partial charge in [-0.1, -0.05) is 0 Å². The summed E-state index contributed by atoms with van der Waals surface area (Å²) in [5.41, 5.74) is 1.20. The van der Waals surface area contributed by atoms with Gasteiger partial charge in [0.05, 0.1) is 23.1 Å². The summed E-state index contributed by atoms with van der Waals surface area (Å²) >= 11 is 0. The van der Waals surface area contributed by atoms with E-state index in [-0.39, 0.29) is 24.7 Å². The summed E-state index contributed by atoms with van der Waals surface area (Å²) in [5, 5.41) is 17.0. The van der Waals surface area contributed by atoms with E-state index in [1.165, 1.54) is 0 Å². The smallest absolute Gasteiger partial charge is 0.326 e. The zero-order valence-corrected chi connectivity index (χ0v) is 16.7. The number of aromatic nitrogens is 3. The van der Waals surface area contributed by atoms with Gasteiger partial charge in [0.2, 0.25) is 0 Å². The van der Waals surface area contributed by atoms with Crippen LogP contribution >= 0.6 is 0 Å². The lowest BCUT2D eigenvalue weighted by molar-refractivity contribution is -0.140. The number of carbonyl (C=O) groups excluding carboxylic acids is 1. The van der Waals surface area contributed by atoms with Gasteiger partial charge in [-0.15, -0.1) is 0 Å². The first-order chi connectivity index (χ1) is 12.5. The van der Waals surface area contributed by atoms with Crippen molar-refractivity contribution in [2.24, 2.45) is 0 Å². The van der Waals surface area contributed by atoms with E-state index in [4.69, 9.17) is 4.74 Å². The van der Waals surface area contributed by atoms with Crippen LogP contribution in [-0.4, -0.2) is 50.0 Å². The van der Waals surface area contributed by atoms with Gasteiger partial charge in [-0.2, -0.15) is 5.10 Å². The Bertz CT molecular complexity index is 836. The SMILES string of the molecule is Cc1nc2c(cnn2C(C)C)cc1C(=O)NC(CCOC(C)(C)C)C(=O)O. The van der Waals surface area contributed by atoms with Crippen molar-refractivity contribution in [3.8, 4) is 0 Å². The van der Waals surface area contributed by atoms with Crippen molar-refractivity contribution in [1.82, 2.24) is 20.1 Å². The first-order valence-electron chi connectivity index (χ1n) is 9.02. The highest BCUT2D eigenvalue weighted by atomic mass is 16.5. The summed E-state index contributed by atoms with van der Waals surface area (Å²) < 4.78 is 7.35. The van der Waals surface area contributed by atoms with Crippen molar-refractivity contribution in [2.45, 2.75) is 65.6 Å². The average molecular weight is 376 g/mol. The Kier molecular flexibility index (Phi) is 6.20. The molecule has 148 valence electrons. The van der Waals surface area contributed by atoms with Crippen LogP contribution in [0.1, 0.15) is 63.1 Å². The van der Waals surface area contributed by atoms with Gasteiger partial charge >= 0.3 is 5.97 Å². The molecule has 0 aliphatic rings. The molecule has 0 aliphatic heterocycles. The van der Waals surface area contributed by atoms with Gasteiger partial charge in [0.15, 0.2) is 5.65 Å². The Hall–Kier alpha value is -2.48. The Morgan fingerprint density at radius 2 is 2.00 bits per heavy atom. The molecule has 2 aromatic rings. The minimum Gasteiger partial charge on any atom is -0.480 e. The molecule has 0 aromatic carbocycles. The summed E-state index contributed by atoms with van der Waals surface area (Å²) in [6.45, 7) is 11.6. The fourth-order valence-corrected chi connectivity index (χ4v) is 2.65. The molecule has 0 saturated heterocycles. The second kappa shape index (κ2) is 8.04. The molecule has 0 spiro atoms. The minimum atomic E-state index is -1.10. The molecule has 8 nitrogen and oxygen atoms in total. The molecule has 2 rings (SSSR count). The van der Waals surface area contributed by atoms with Crippen LogP contribution in [0, 0.1) is 6.92 Å². The second-order valence-electron chi connectivity index (χ2n) is 7.83. The van der Waals surface area contributed by atoms with Gasteiger partial charge in [0.25, 0.3) is 5.91 Å². The first kappa shape index (κ1) is 20.8. The molecule has 8 heteroatoms. The van der Waals surface area contributed by atoms with Crippen LogP contribution in [0.5, 0.6) is 0 Å². The summed E-state index contributed by atoms with van der Waals surface area (Å²) in [7, 11) is 0. The molecule has 2 N–H and O–H groups in total. The summed E-state index contributed by atoms with van der Waals surface area (Å²) in [6, 6.07) is 0.810. The van der Waals surface area contributed by atoms with Gasteiger partial charge in [-0.3, -0.25) is 4.79 Å². The van der Waals surface area contributed by atoms with E-state index >= 15 is 0 Å². The number of carboxylic acids is 1. The van der Waals surface area contributed by atoms with Crippen LogP contribution in [-0.2, 0) is 9.53 Å². The summed E-state index contributed by atoms with van der Waals surface area (Å²) in [6.07, 6.45) is 1.84. The molecular formula is C19H28N4O4. The maximum Gasteiger partial charge on any atom is 0.326 e. The number of nitrogens with zero attached hydrogens (tertiary/aromatic N) is 3. The van der Waals surface area contributed by atoms with Crippen molar-refractivity contribution in [3.63, 3.8) is 0 Å². The zero-order chi connectivity index (χ0) is 20.4. The molecular weight excluding hydrogens is 348 g/mol. The molecule has 1 atom stereocenters. The van der Waals surface area contributed by atoms with Crippen LogP contribution in [0.3, 0.4) is 0 Å². The third-order valence-electron chi connectivity index (χ3n) is 4.04. The number of rotatable bonds is 7. The maximum absolute atomic E-state index is 12.6. The fraction of sp³-hybridized carbons (Fsp3) is 0.579. The molecule has 0 bridgehead atoms. The topological polar surface area (TPSA) is 106 Å².